The summed E-state index contributed by atoms with van der Waals surface area (Å²) in [6.45, 7) is 3.77. The van der Waals surface area contributed by atoms with Gasteiger partial charge in [-0.3, -0.25) is 0 Å². The van der Waals surface area contributed by atoms with Crippen LogP contribution in [0.15, 0.2) is 41.3 Å². The maximum Gasteiger partial charge on any atom is 0.181 e. The molecule has 0 saturated carbocycles. The lowest BCUT2D eigenvalue weighted by atomic mass is 9.94. The molecule has 2 bridgehead atoms. The van der Waals surface area contributed by atoms with Crippen molar-refractivity contribution in [3.63, 3.8) is 0 Å². The van der Waals surface area contributed by atoms with Crippen LogP contribution in [0.4, 0.5) is 5.69 Å². The first-order valence-electron chi connectivity index (χ1n) is 7.36. The highest BCUT2D eigenvalue weighted by molar-refractivity contribution is 5.63. The molecule has 4 heteroatoms. The molecule has 3 heterocycles. The number of hydrogen-bond donors (Lipinski definition) is 1. The van der Waals surface area contributed by atoms with Crippen LogP contribution in [0.5, 0.6) is 0 Å². The molecule has 3 unspecified atom stereocenters. The number of aromatic nitrogens is 1. The highest BCUT2D eigenvalue weighted by Crippen LogP contribution is 2.30. The van der Waals surface area contributed by atoms with Gasteiger partial charge in [0.25, 0.3) is 0 Å². The number of nitrogens with one attached hydrogen (secondary N) is 1. The number of anilines is 1. The van der Waals surface area contributed by atoms with Crippen LogP contribution in [0, 0.1) is 5.92 Å². The van der Waals surface area contributed by atoms with Gasteiger partial charge < -0.3 is 14.6 Å². The Morgan fingerprint density at radius 1 is 1.25 bits per heavy atom. The van der Waals surface area contributed by atoms with Crippen LogP contribution in [0.3, 0.4) is 0 Å². The molecule has 0 aliphatic carbocycles. The van der Waals surface area contributed by atoms with E-state index in [2.05, 4.69) is 39.5 Å². The standard InChI is InChI=1S/C16H19N3O/c1-2-12(16-9-17-11-20-16)8-14(3-1)18-15-5-7-19-6-4-13(15)10-19/h1-3,8-9,11,13,15,18H,4-7,10H2. The fourth-order valence-corrected chi connectivity index (χ4v) is 3.48. The number of nitrogens with zero attached hydrogens (tertiary/aromatic N) is 2. The summed E-state index contributed by atoms with van der Waals surface area (Å²) in [5.74, 6) is 1.63. The van der Waals surface area contributed by atoms with Gasteiger partial charge in [0.1, 0.15) is 0 Å². The van der Waals surface area contributed by atoms with Crippen molar-refractivity contribution >= 4 is 5.69 Å². The van der Waals surface area contributed by atoms with E-state index in [0.29, 0.717) is 6.04 Å². The molecule has 20 heavy (non-hydrogen) atoms. The van der Waals surface area contributed by atoms with Crippen LogP contribution in [0.1, 0.15) is 12.8 Å². The Hall–Kier alpha value is -1.81. The van der Waals surface area contributed by atoms with Gasteiger partial charge in [-0.05, 0) is 37.4 Å². The second-order valence-electron chi connectivity index (χ2n) is 5.84. The predicted octanol–water partition coefficient (Wildman–Crippen LogP) is 2.85. The summed E-state index contributed by atoms with van der Waals surface area (Å²) in [7, 11) is 0. The molecule has 2 saturated heterocycles. The average Bonchev–Trinajstić information content (AvgIpc) is 3.13. The Morgan fingerprint density at radius 2 is 2.20 bits per heavy atom. The highest BCUT2D eigenvalue weighted by atomic mass is 16.3. The van der Waals surface area contributed by atoms with E-state index in [0.717, 1.165) is 17.2 Å². The molecule has 2 aromatic rings. The van der Waals surface area contributed by atoms with Crippen molar-refractivity contribution < 1.29 is 4.42 Å². The molecular weight excluding hydrogens is 250 g/mol. The van der Waals surface area contributed by atoms with E-state index in [1.165, 1.54) is 44.6 Å². The minimum Gasteiger partial charge on any atom is -0.444 e. The van der Waals surface area contributed by atoms with Crippen LogP contribution in [-0.2, 0) is 0 Å². The Bertz CT molecular complexity index is 581. The minimum absolute atomic E-state index is 0.610. The van der Waals surface area contributed by atoms with Gasteiger partial charge in [0.05, 0.1) is 6.20 Å². The molecule has 4 rings (SSSR count). The first-order chi connectivity index (χ1) is 9.88. The monoisotopic (exact) mass is 269 g/mol. The van der Waals surface area contributed by atoms with Gasteiger partial charge in [0.2, 0.25) is 0 Å². The number of fused-ring (bicyclic) bond motifs is 2. The largest absolute Gasteiger partial charge is 0.444 e. The van der Waals surface area contributed by atoms with Crippen LogP contribution >= 0.6 is 0 Å². The summed E-state index contributed by atoms with van der Waals surface area (Å²) in [5, 5.41) is 3.72. The maximum absolute atomic E-state index is 5.37. The van der Waals surface area contributed by atoms with E-state index in [4.69, 9.17) is 4.42 Å². The third-order valence-corrected chi connectivity index (χ3v) is 4.57. The number of oxazole rings is 1. The second kappa shape index (κ2) is 4.94. The Balaban J connectivity index is 1.52. The van der Waals surface area contributed by atoms with Gasteiger partial charge in [-0.25, -0.2) is 4.98 Å². The SMILES string of the molecule is c1cc(NC2CCN3CCC2C3)cc(-c2cnco2)c1. The number of hydrogen-bond acceptors (Lipinski definition) is 4. The molecular formula is C16H19N3O. The zero-order chi connectivity index (χ0) is 13.4. The summed E-state index contributed by atoms with van der Waals surface area (Å²) in [6, 6.07) is 9.04. The fourth-order valence-electron chi connectivity index (χ4n) is 3.48. The zero-order valence-corrected chi connectivity index (χ0v) is 11.5. The quantitative estimate of drug-likeness (QED) is 0.930. The van der Waals surface area contributed by atoms with Gasteiger partial charge in [-0.2, -0.15) is 0 Å². The number of rotatable bonds is 3. The van der Waals surface area contributed by atoms with Gasteiger partial charge in [0.15, 0.2) is 12.2 Å². The average molecular weight is 269 g/mol. The molecule has 104 valence electrons. The van der Waals surface area contributed by atoms with Crippen LogP contribution in [-0.4, -0.2) is 35.6 Å². The van der Waals surface area contributed by atoms with E-state index in [1.807, 2.05) is 0 Å². The van der Waals surface area contributed by atoms with E-state index < -0.39 is 0 Å². The lowest BCUT2D eigenvalue weighted by Gasteiger charge is -2.31. The Kier molecular flexibility index (Phi) is 2.96. The Morgan fingerprint density at radius 3 is 3.10 bits per heavy atom. The van der Waals surface area contributed by atoms with E-state index in [9.17, 15) is 0 Å². The third-order valence-electron chi connectivity index (χ3n) is 4.57. The lowest BCUT2D eigenvalue weighted by Crippen LogP contribution is -2.39. The summed E-state index contributed by atoms with van der Waals surface area (Å²) < 4.78 is 5.37. The molecule has 3 atom stereocenters. The van der Waals surface area contributed by atoms with Crippen LogP contribution in [0.25, 0.3) is 11.3 Å². The molecule has 4 nitrogen and oxygen atoms in total. The van der Waals surface area contributed by atoms with E-state index >= 15 is 0 Å². The van der Waals surface area contributed by atoms with Gasteiger partial charge in [-0.15, -0.1) is 0 Å². The third kappa shape index (κ3) is 2.20. The summed E-state index contributed by atoms with van der Waals surface area (Å²) in [6.07, 6.45) is 5.81. The first kappa shape index (κ1) is 12.0. The molecule has 1 N–H and O–H groups in total. The molecule has 0 amide bonds. The Labute approximate surface area is 118 Å². The van der Waals surface area contributed by atoms with Crippen molar-refractivity contribution in [2.24, 2.45) is 5.92 Å². The zero-order valence-electron chi connectivity index (χ0n) is 11.5. The summed E-state index contributed by atoms with van der Waals surface area (Å²) in [4.78, 5) is 6.56. The van der Waals surface area contributed by atoms with E-state index in [-0.39, 0.29) is 0 Å². The van der Waals surface area contributed by atoms with Crippen molar-refractivity contribution in [2.45, 2.75) is 18.9 Å². The summed E-state index contributed by atoms with van der Waals surface area (Å²) >= 11 is 0. The molecule has 1 aromatic carbocycles. The first-order valence-corrected chi connectivity index (χ1v) is 7.36. The molecule has 2 aliphatic heterocycles. The summed E-state index contributed by atoms with van der Waals surface area (Å²) in [5.41, 5.74) is 2.26. The van der Waals surface area contributed by atoms with Gasteiger partial charge in [-0.1, -0.05) is 12.1 Å². The highest BCUT2D eigenvalue weighted by Gasteiger charge is 2.34. The van der Waals surface area contributed by atoms with Crippen LogP contribution < -0.4 is 5.32 Å². The van der Waals surface area contributed by atoms with Crippen molar-refractivity contribution in [2.75, 3.05) is 25.0 Å². The van der Waals surface area contributed by atoms with Crippen molar-refractivity contribution in [3.8, 4) is 11.3 Å². The van der Waals surface area contributed by atoms with Crippen molar-refractivity contribution in [1.29, 1.82) is 0 Å². The maximum atomic E-state index is 5.37. The topological polar surface area (TPSA) is 41.3 Å². The van der Waals surface area contributed by atoms with E-state index in [1.54, 1.807) is 6.20 Å². The predicted molar refractivity (Wildman–Crippen MR) is 78.5 cm³/mol. The number of benzene rings is 1. The molecule has 2 aliphatic rings. The second-order valence-corrected chi connectivity index (χ2v) is 5.84. The minimum atomic E-state index is 0.610. The van der Waals surface area contributed by atoms with Gasteiger partial charge in [0, 0.05) is 30.4 Å². The molecule has 2 fully saturated rings. The molecule has 0 radical (unpaired) electrons. The lowest BCUT2D eigenvalue weighted by molar-refractivity contribution is 0.255. The normalized spacial score (nSPS) is 28.5. The fraction of sp³-hybridized carbons (Fsp3) is 0.438. The van der Waals surface area contributed by atoms with Crippen LogP contribution in [0.2, 0.25) is 0 Å². The van der Waals surface area contributed by atoms with Crippen molar-refractivity contribution in [1.82, 2.24) is 9.88 Å². The number of piperidine rings is 1. The smallest absolute Gasteiger partial charge is 0.181 e. The van der Waals surface area contributed by atoms with Crippen molar-refractivity contribution in [3.05, 3.63) is 36.9 Å². The molecule has 0 spiro atoms. The van der Waals surface area contributed by atoms with Gasteiger partial charge >= 0.3 is 0 Å². The molecule has 1 aromatic heterocycles.